The SMILES string of the molecule is CN(C)CCNC=C1C(=O)CC(c2ccccc2N2CCOCC2)CC1=O. The molecular formula is C21H29N3O3. The largest absolute Gasteiger partial charge is 0.389 e. The Kier molecular flexibility index (Phi) is 6.63. The molecule has 0 radical (unpaired) electrons. The van der Waals surface area contributed by atoms with Gasteiger partial charge in [0.05, 0.1) is 18.8 Å². The van der Waals surface area contributed by atoms with Crippen molar-refractivity contribution in [3.8, 4) is 0 Å². The molecule has 0 spiro atoms. The van der Waals surface area contributed by atoms with Gasteiger partial charge >= 0.3 is 0 Å². The fourth-order valence-electron chi connectivity index (χ4n) is 3.66. The van der Waals surface area contributed by atoms with E-state index < -0.39 is 0 Å². The molecule has 1 aromatic carbocycles. The highest BCUT2D eigenvalue weighted by atomic mass is 16.5. The molecule has 0 bridgehead atoms. The second kappa shape index (κ2) is 9.15. The molecule has 0 aromatic heterocycles. The quantitative estimate of drug-likeness (QED) is 0.465. The van der Waals surface area contributed by atoms with Crippen LogP contribution in [-0.4, -0.2) is 70.0 Å². The van der Waals surface area contributed by atoms with E-state index in [1.807, 2.05) is 26.2 Å². The number of carbonyl (C=O) groups excluding carboxylic acids is 2. The van der Waals surface area contributed by atoms with Crippen LogP contribution in [-0.2, 0) is 14.3 Å². The molecule has 3 rings (SSSR count). The summed E-state index contributed by atoms with van der Waals surface area (Å²) in [6.45, 7) is 4.66. The third kappa shape index (κ3) is 4.96. The van der Waals surface area contributed by atoms with Gasteiger partial charge in [-0.3, -0.25) is 9.59 Å². The zero-order valence-corrected chi connectivity index (χ0v) is 16.2. The standard InChI is InChI=1S/C21H29N3O3/c1-23(2)8-7-22-15-18-20(25)13-16(14-21(18)26)17-5-3-4-6-19(17)24-9-11-27-12-10-24/h3-6,15-16,22H,7-14H2,1-2H3. The Bertz CT molecular complexity index is 688. The van der Waals surface area contributed by atoms with E-state index in [1.54, 1.807) is 6.20 Å². The number of ether oxygens (including phenoxy) is 1. The topological polar surface area (TPSA) is 61.9 Å². The minimum absolute atomic E-state index is 0.0528. The highest BCUT2D eigenvalue weighted by Crippen LogP contribution is 2.37. The van der Waals surface area contributed by atoms with E-state index in [1.165, 1.54) is 0 Å². The monoisotopic (exact) mass is 371 g/mol. The Morgan fingerprint density at radius 1 is 1.15 bits per heavy atom. The number of hydrogen-bond acceptors (Lipinski definition) is 6. The van der Waals surface area contributed by atoms with Crippen LogP contribution in [0.4, 0.5) is 5.69 Å². The number of para-hydroxylation sites is 1. The lowest BCUT2D eigenvalue weighted by atomic mass is 9.79. The summed E-state index contributed by atoms with van der Waals surface area (Å²) in [5.74, 6) is -0.182. The van der Waals surface area contributed by atoms with Crippen LogP contribution in [0.15, 0.2) is 36.0 Å². The van der Waals surface area contributed by atoms with E-state index in [2.05, 4.69) is 27.2 Å². The van der Waals surface area contributed by atoms with Crippen molar-refractivity contribution in [1.82, 2.24) is 10.2 Å². The highest BCUT2D eigenvalue weighted by molar-refractivity contribution is 6.22. The third-order valence-electron chi connectivity index (χ3n) is 5.14. The Morgan fingerprint density at radius 3 is 2.48 bits per heavy atom. The van der Waals surface area contributed by atoms with Gasteiger partial charge in [-0.2, -0.15) is 0 Å². The van der Waals surface area contributed by atoms with Gasteiger partial charge in [0, 0.05) is 56.8 Å². The minimum Gasteiger partial charge on any atom is -0.389 e. The Balaban J connectivity index is 1.71. The number of allylic oxidation sites excluding steroid dienone is 1. The third-order valence-corrected chi connectivity index (χ3v) is 5.14. The number of carbonyl (C=O) groups is 2. The van der Waals surface area contributed by atoms with Gasteiger partial charge in [-0.1, -0.05) is 18.2 Å². The normalized spacial score (nSPS) is 20.9. The molecule has 1 N–H and O–H groups in total. The molecule has 27 heavy (non-hydrogen) atoms. The van der Waals surface area contributed by atoms with Crippen LogP contribution in [0.25, 0.3) is 0 Å². The summed E-state index contributed by atoms with van der Waals surface area (Å²) in [6.07, 6.45) is 2.38. The Labute approximate surface area is 161 Å². The molecule has 6 nitrogen and oxygen atoms in total. The summed E-state index contributed by atoms with van der Waals surface area (Å²) in [5, 5.41) is 3.10. The molecule has 0 amide bonds. The molecule has 0 atom stereocenters. The van der Waals surface area contributed by atoms with Crippen molar-refractivity contribution >= 4 is 17.3 Å². The Morgan fingerprint density at radius 2 is 1.81 bits per heavy atom. The van der Waals surface area contributed by atoms with Crippen molar-refractivity contribution in [2.24, 2.45) is 0 Å². The molecule has 1 heterocycles. The van der Waals surface area contributed by atoms with Crippen molar-refractivity contribution in [2.75, 3.05) is 58.4 Å². The molecule has 1 saturated heterocycles. The second-order valence-corrected chi connectivity index (χ2v) is 7.43. The first-order valence-electron chi connectivity index (χ1n) is 9.62. The molecule has 1 saturated carbocycles. The summed E-state index contributed by atoms with van der Waals surface area (Å²) in [4.78, 5) is 29.6. The number of Topliss-reactive ketones (excluding diaryl/α,β-unsaturated/α-hetero) is 2. The van der Waals surface area contributed by atoms with Crippen molar-refractivity contribution < 1.29 is 14.3 Å². The smallest absolute Gasteiger partial charge is 0.168 e. The Hall–Kier alpha value is -2.18. The van der Waals surface area contributed by atoms with E-state index in [9.17, 15) is 9.59 Å². The summed E-state index contributed by atoms with van der Waals surface area (Å²) in [7, 11) is 3.98. The summed E-state index contributed by atoms with van der Waals surface area (Å²) < 4.78 is 5.45. The lowest BCUT2D eigenvalue weighted by Gasteiger charge is -2.33. The van der Waals surface area contributed by atoms with E-state index in [4.69, 9.17) is 4.74 Å². The van der Waals surface area contributed by atoms with Crippen LogP contribution >= 0.6 is 0 Å². The summed E-state index contributed by atoms with van der Waals surface area (Å²) in [5.41, 5.74) is 2.54. The van der Waals surface area contributed by atoms with Gasteiger partial charge < -0.3 is 19.9 Å². The number of ketones is 2. The van der Waals surface area contributed by atoms with Gasteiger partial charge in [0.25, 0.3) is 0 Å². The van der Waals surface area contributed by atoms with Crippen molar-refractivity contribution in [3.05, 3.63) is 41.6 Å². The van der Waals surface area contributed by atoms with Crippen molar-refractivity contribution in [3.63, 3.8) is 0 Å². The number of likely N-dealkylation sites (N-methyl/N-ethyl adjacent to an activating group) is 1. The van der Waals surface area contributed by atoms with E-state index >= 15 is 0 Å². The predicted octanol–water partition coefficient (Wildman–Crippen LogP) is 1.57. The van der Waals surface area contributed by atoms with Crippen LogP contribution in [0.5, 0.6) is 0 Å². The molecule has 2 aliphatic rings. The van der Waals surface area contributed by atoms with Crippen LogP contribution in [0.2, 0.25) is 0 Å². The van der Waals surface area contributed by atoms with Gasteiger partial charge in [-0.25, -0.2) is 0 Å². The average Bonchev–Trinajstić information content (AvgIpc) is 2.67. The molecule has 1 aromatic rings. The van der Waals surface area contributed by atoms with Crippen LogP contribution in [0.3, 0.4) is 0 Å². The van der Waals surface area contributed by atoms with Crippen molar-refractivity contribution in [2.45, 2.75) is 18.8 Å². The molecule has 6 heteroatoms. The maximum Gasteiger partial charge on any atom is 0.168 e. The number of benzene rings is 1. The van der Waals surface area contributed by atoms with Gasteiger partial charge in [0.15, 0.2) is 11.6 Å². The zero-order valence-electron chi connectivity index (χ0n) is 16.2. The number of nitrogens with one attached hydrogen (secondary N) is 1. The first-order valence-corrected chi connectivity index (χ1v) is 9.62. The van der Waals surface area contributed by atoms with Gasteiger partial charge in [0.2, 0.25) is 0 Å². The fraction of sp³-hybridized carbons (Fsp3) is 0.524. The van der Waals surface area contributed by atoms with Crippen molar-refractivity contribution in [1.29, 1.82) is 0 Å². The molecule has 2 fully saturated rings. The zero-order chi connectivity index (χ0) is 19.2. The van der Waals surface area contributed by atoms with E-state index in [-0.39, 0.29) is 17.5 Å². The van der Waals surface area contributed by atoms with Crippen LogP contribution in [0, 0.1) is 0 Å². The molecule has 146 valence electrons. The fourth-order valence-corrected chi connectivity index (χ4v) is 3.66. The molecule has 1 aliphatic carbocycles. The van der Waals surface area contributed by atoms with Gasteiger partial charge in [0.1, 0.15) is 0 Å². The number of morpholine rings is 1. The molecule has 0 unspecified atom stereocenters. The van der Waals surface area contributed by atoms with Crippen LogP contribution < -0.4 is 10.2 Å². The number of hydrogen-bond donors (Lipinski definition) is 1. The lowest BCUT2D eigenvalue weighted by Crippen LogP contribution is -2.37. The van der Waals surface area contributed by atoms with Gasteiger partial charge in [-0.15, -0.1) is 0 Å². The predicted molar refractivity (Wildman–Crippen MR) is 106 cm³/mol. The maximum absolute atomic E-state index is 12.6. The molecular weight excluding hydrogens is 342 g/mol. The molecule has 1 aliphatic heterocycles. The number of rotatable bonds is 6. The lowest BCUT2D eigenvalue weighted by molar-refractivity contribution is -0.124. The average molecular weight is 371 g/mol. The first kappa shape index (κ1) is 19.6. The van der Waals surface area contributed by atoms with Gasteiger partial charge in [-0.05, 0) is 25.7 Å². The number of nitrogens with zero attached hydrogens (tertiary/aromatic N) is 2. The van der Waals surface area contributed by atoms with E-state index in [0.29, 0.717) is 38.2 Å². The maximum atomic E-state index is 12.6. The summed E-state index contributed by atoms with van der Waals surface area (Å²) >= 11 is 0. The minimum atomic E-state index is -0.0645. The second-order valence-electron chi connectivity index (χ2n) is 7.43. The first-order chi connectivity index (χ1) is 13.1. The number of anilines is 1. The van der Waals surface area contributed by atoms with E-state index in [0.717, 1.165) is 30.9 Å². The van der Waals surface area contributed by atoms with Crippen LogP contribution in [0.1, 0.15) is 24.3 Å². The highest BCUT2D eigenvalue weighted by Gasteiger charge is 2.33. The summed E-state index contributed by atoms with van der Waals surface area (Å²) in [6, 6.07) is 8.15.